The van der Waals surface area contributed by atoms with Crippen LogP contribution in [0.25, 0.3) is 0 Å². The fourth-order valence-electron chi connectivity index (χ4n) is 1.31. The van der Waals surface area contributed by atoms with Gasteiger partial charge in [-0.3, -0.25) is 10.1 Å². The zero-order chi connectivity index (χ0) is 16.0. The number of likely N-dealkylation sites (N-methyl/N-ethyl adjacent to an activating group) is 1. The summed E-state index contributed by atoms with van der Waals surface area (Å²) < 4.78 is 1.47. The molecule has 0 aliphatic carbocycles. The van der Waals surface area contributed by atoms with Crippen molar-refractivity contribution in [3.63, 3.8) is 0 Å². The molecule has 7 heteroatoms. The lowest BCUT2D eigenvalue weighted by atomic mass is 10.1. The van der Waals surface area contributed by atoms with E-state index in [1.54, 1.807) is 13.4 Å². The molecule has 0 aromatic carbocycles. The van der Waals surface area contributed by atoms with E-state index in [0.29, 0.717) is 19.4 Å². The van der Waals surface area contributed by atoms with Crippen LogP contribution in [-0.2, 0) is 9.59 Å². The summed E-state index contributed by atoms with van der Waals surface area (Å²) in [6.45, 7) is 7.89. The normalized spacial score (nSPS) is 15.4. The second-order valence-corrected chi connectivity index (χ2v) is 6.79. The fraction of sp³-hybridized carbons (Fsp3) is 0.769. The number of rotatable bonds is 7. The Hall–Kier alpha value is -1.24. The van der Waals surface area contributed by atoms with Crippen LogP contribution in [0, 0.1) is 0 Å². The van der Waals surface area contributed by atoms with Gasteiger partial charge in [-0.05, 0) is 34.1 Å². The maximum absolute atomic E-state index is 11.6. The summed E-state index contributed by atoms with van der Waals surface area (Å²) in [5, 5.41) is 14.8. The van der Waals surface area contributed by atoms with E-state index in [-0.39, 0.29) is 11.4 Å². The Labute approximate surface area is 126 Å². The molecule has 6 nitrogen and oxygen atoms in total. The Morgan fingerprint density at radius 1 is 1.30 bits per heavy atom. The van der Waals surface area contributed by atoms with Crippen molar-refractivity contribution in [1.29, 1.82) is 0 Å². The van der Waals surface area contributed by atoms with Gasteiger partial charge in [0.05, 0.1) is 13.6 Å². The quantitative estimate of drug-likeness (QED) is 0.139. The minimum Gasteiger partial charge on any atom is -0.477 e. The van der Waals surface area contributed by atoms with Gasteiger partial charge in [0.2, 0.25) is 17.1 Å². The van der Waals surface area contributed by atoms with Crippen molar-refractivity contribution in [2.24, 2.45) is 0 Å². The van der Waals surface area contributed by atoms with Gasteiger partial charge < -0.3 is 10.4 Å². The highest BCUT2D eigenvalue weighted by Crippen LogP contribution is 2.12. The summed E-state index contributed by atoms with van der Waals surface area (Å²) in [6.07, 6.45) is 2.66. The third-order valence-electron chi connectivity index (χ3n) is 2.62. The topological polar surface area (TPSA) is 81.4 Å². The van der Waals surface area contributed by atoms with Gasteiger partial charge in [-0.25, -0.2) is 9.37 Å². The van der Waals surface area contributed by atoms with Crippen LogP contribution in [0.15, 0.2) is 0 Å². The Morgan fingerprint density at radius 2 is 1.85 bits per heavy atom. The minimum absolute atomic E-state index is 0.0113. The van der Waals surface area contributed by atoms with Crippen LogP contribution in [0.4, 0.5) is 0 Å². The van der Waals surface area contributed by atoms with Crippen molar-refractivity contribution in [3.05, 3.63) is 0 Å². The molecule has 0 heterocycles. The Kier molecular flexibility index (Phi) is 7.05. The van der Waals surface area contributed by atoms with Crippen LogP contribution in [0.2, 0.25) is 0 Å². The van der Waals surface area contributed by atoms with Gasteiger partial charge in [0.25, 0.3) is 0 Å². The van der Waals surface area contributed by atoms with Crippen molar-refractivity contribution in [2.75, 3.05) is 13.6 Å². The number of carboxylic acid groups (broad SMARTS) is 1. The zero-order valence-corrected chi connectivity index (χ0v) is 13.8. The summed E-state index contributed by atoms with van der Waals surface area (Å²) in [7, 11) is 1.63. The van der Waals surface area contributed by atoms with E-state index in [0.717, 1.165) is 0 Å². The van der Waals surface area contributed by atoms with Gasteiger partial charge in [0.15, 0.2) is 0 Å². The lowest BCUT2D eigenvalue weighted by Gasteiger charge is -2.20. The van der Waals surface area contributed by atoms with Gasteiger partial charge >= 0.3 is 5.97 Å². The first-order valence-corrected chi connectivity index (χ1v) is 6.98. The van der Waals surface area contributed by atoms with Crippen LogP contribution in [0.3, 0.4) is 0 Å². The van der Waals surface area contributed by atoms with Crippen molar-refractivity contribution < 1.29 is 19.3 Å². The van der Waals surface area contributed by atoms with Crippen LogP contribution in [0.1, 0.15) is 40.5 Å². The molecule has 0 aromatic rings. The summed E-state index contributed by atoms with van der Waals surface area (Å²) >= 11 is 4.07. The van der Waals surface area contributed by atoms with Crippen molar-refractivity contribution in [2.45, 2.75) is 50.9 Å². The first kappa shape index (κ1) is 18.8. The molecule has 20 heavy (non-hydrogen) atoms. The van der Waals surface area contributed by atoms with E-state index < -0.39 is 10.8 Å². The highest BCUT2D eigenvalue weighted by Gasteiger charge is 2.34. The van der Waals surface area contributed by atoms with Crippen LogP contribution in [0.5, 0.6) is 0 Å². The molecule has 0 fully saturated rings. The molecule has 0 aromatic heterocycles. The Balaban J connectivity index is 4.04. The molecular formula is C13H26N3O3S+. The molecule has 0 radical (unpaired) electrons. The zero-order valence-electron chi connectivity index (χ0n) is 12.9. The average molecular weight is 304 g/mol. The Morgan fingerprint density at radius 3 is 2.30 bits per heavy atom. The lowest BCUT2D eigenvalue weighted by Crippen LogP contribution is -2.42. The summed E-state index contributed by atoms with van der Waals surface area (Å²) in [5.74, 6) is -1.01. The SMILES string of the molecule is C/[N+](=C\NCCCC(=O)NC(C)(C)C)C(C)(S)C(=O)O. The minimum atomic E-state index is -1.27. The molecule has 116 valence electrons. The molecular weight excluding hydrogens is 278 g/mol. The predicted octanol–water partition coefficient (Wildman–Crippen LogP) is 0.672. The number of carboxylic acids is 1. The number of thiol groups is 1. The third-order valence-corrected chi connectivity index (χ3v) is 3.12. The summed E-state index contributed by atoms with van der Waals surface area (Å²) in [6, 6.07) is 0. The van der Waals surface area contributed by atoms with Gasteiger partial charge in [-0.2, -0.15) is 0 Å². The molecule has 1 amide bonds. The highest BCUT2D eigenvalue weighted by molar-refractivity contribution is 7.82. The molecule has 3 N–H and O–H groups in total. The molecule has 1 atom stereocenters. The first-order chi connectivity index (χ1) is 8.97. The monoisotopic (exact) mass is 304 g/mol. The van der Waals surface area contributed by atoms with Crippen LogP contribution in [-0.4, -0.2) is 51.9 Å². The standard InChI is InChI=1S/C13H25N3O3S/c1-12(2,3)15-10(17)7-6-8-14-9-16(5)13(4,20)11(18)19/h9H,6-8H2,1-5H3,(H3,15,17,18,19,20)/p+1. The number of nitrogens with zero attached hydrogens (tertiary/aromatic N) is 1. The maximum Gasteiger partial charge on any atom is 0.362 e. The highest BCUT2D eigenvalue weighted by atomic mass is 32.1. The molecule has 1 unspecified atom stereocenters. The molecule has 0 bridgehead atoms. The van der Waals surface area contributed by atoms with Crippen molar-refractivity contribution >= 4 is 30.8 Å². The number of nitrogens with one attached hydrogen (secondary N) is 2. The summed E-state index contributed by atoms with van der Waals surface area (Å²) in [4.78, 5) is 21.2. The lowest BCUT2D eigenvalue weighted by molar-refractivity contribution is -0.533. The molecule has 0 rings (SSSR count). The number of hydrogen-bond acceptors (Lipinski definition) is 3. The van der Waals surface area contributed by atoms with Crippen LogP contribution < -0.4 is 10.6 Å². The number of carbonyl (C=O) groups excluding carboxylic acids is 1. The molecule has 0 aliphatic heterocycles. The second kappa shape index (κ2) is 7.52. The van der Waals surface area contributed by atoms with E-state index in [4.69, 9.17) is 5.11 Å². The number of hydrogen-bond donors (Lipinski definition) is 4. The largest absolute Gasteiger partial charge is 0.477 e. The van der Waals surface area contributed by atoms with Gasteiger partial charge in [0, 0.05) is 12.0 Å². The average Bonchev–Trinajstić information content (AvgIpc) is 2.25. The van der Waals surface area contributed by atoms with E-state index in [2.05, 4.69) is 23.3 Å². The Bertz CT molecular complexity index is 387. The maximum atomic E-state index is 11.6. The van der Waals surface area contributed by atoms with E-state index in [1.165, 1.54) is 11.5 Å². The smallest absolute Gasteiger partial charge is 0.362 e. The molecule has 0 aliphatic rings. The molecule has 0 saturated carbocycles. The van der Waals surface area contributed by atoms with Gasteiger partial charge in [-0.1, -0.05) is 0 Å². The van der Waals surface area contributed by atoms with Crippen LogP contribution >= 0.6 is 12.6 Å². The van der Waals surface area contributed by atoms with Gasteiger partial charge in [-0.15, -0.1) is 12.6 Å². The third kappa shape index (κ3) is 7.37. The second-order valence-electron chi connectivity index (χ2n) is 5.92. The van der Waals surface area contributed by atoms with Gasteiger partial charge in [0.1, 0.15) is 0 Å². The number of amides is 1. The summed E-state index contributed by atoms with van der Waals surface area (Å²) in [5.41, 5.74) is -0.216. The molecule has 0 saturated heterocycles. The number of carbonyl (C=O) groups is 2. The van der Waals surface area contributed by atoms with Crippen molar-refractivity contribution in [3.8, 4) is 0 Å². The van der Waals surface area contributed by atoms with E-state index in [9.17, 15) is 9.59 Å². The predicted molar refractivity (Wildman–Crippen MR) is 82.4 cm³/mol. The fourth-order valence-corrected chi connectivity index (χ4v) is 1.37. The van der Waals surface area contributed by atoms with Crippen molar-refractivity contribution in [1.82, 2.24) is 10.6 Å². The van der Waals surface area contributed by atoms with E-state index >= 15 is 0 Å². The number of aliphatic carboxylic acids is 1. The van der Waals surface area contributed by atoms with E-state index in [1.807, 2.05) is 20.8 Å². The molecule has 0 spiro atoms. The first-order valence-electron chi connectivity index (χ1n) is 6.53.